The van der Waals surface area contributed by atoms with Gasteiger partial charge >= 0.3 is 0 Å². The SMILES string of the molecule is O=C(Nc1ccc(S(=O)(=O)Nc2ccc(F)cc2)cc1)c1cc(O)c(O)c(O)c1. The highest BCUT2D eigenvalue weighted by Gasteiger charge is 2.16. The first kappa shape index (κ1) is 20.0. The summed E-state index contributed by atoms with van der Waals surface area (Å²) in [5.41, 5.74) is 0.325. The van der Waals surface area contributed by atoms with Gasteiger partial charge in [-0.1, -0.05) is 0 Å². The zero-order chi connectivity index (χ0) is 21.2. The molecule has 0 aliphatic rings. The van der Waals surface area contributed by atoms with Gasteiger partial charge in [0.1, 0.15) is 5.82 Å². The highest BCUT2D eigenvalue weighted by Crippen LogP contribution is 2.35. The van der Waals surface area contributed by atoms with Crippen molar-refractivity contribution in [3.63, 3.8) is 0 Å². The number of hydrogen-bond donors (Lipinski definition) is 5. The molecule has 3 aromatic carbocycles. The minimum absolute atomic E-state index is 0.0836. The summed E-state index contributed by atoms with van der Waals surface area (Å²) in [5, 5.41) is 30.7. The summed E-state index contributed by atoms with van der Waals surface area (Å²) in [6, 6.07) is 11.9. The Balaban J connectivity index is 1.74. The number of rotatable bonds is 5. The number of sulfonamides is 1. The number of phenolic OH excluding ortho intramolecular Hbond substituents is 3. The number of nitrogens with one attached hydrogen (secondary N) is 2. The molecule has 10 heteroatoms. The fourth-order valence-corrected chi connectivity index (χ4v) is 3.45. The number of phenols is 3. The van der Waals surface area contributed by atoms with Gasteiger partial charge in [-0.2, -0.15) is 0 Å². The van der Waals surface area contributed by atoms with E-state index in [0.29, 0.717) is 0 Å². The predicted molar refractivity (Wildman–Crippen MR) is 103 cm³/mol. The summed E-state index contributed by atoms with van der Waals surface area (Å²) >= 11 is 0. The number of halogens is 1. The van der Waals surface area contributed by atoms with E-state index in [9.17, 15) is 32.9 Å². The van der Waals surface area contributed by atoms with Gasteiger partial charge in [-0.3, -0.25) is 9.52 Å². The largest absolute Gasteiger partial charge is 0.504 e. The summed E-state index contributed by atoms with van der Waals surface area (Å²) in [4.78, 5) is 12.1. The Morgan fingerprint density at radius 1 is 0.828 bits per heavy atom. The normalized spacial score (nSPS) is 11.1. The Labute approximate surface area is 164 Å². The number of anilines is 2. The van der Waals surface area contributed by atoms with Crippen molar-refractivity contribution in [2.75, 3.05) is 10.0 Å². The standard InChI is InChI=1S/C19H15FN2O6S/c20-12-1-3-14(4-2-12)22-29(27,28)15-7-5-13(6-8-15)21-19(26)11-9-16(23)18(25)17(24)10-11/h1-10,22-25H,(H,21,26). The second-order valence-electron chi connectivity index (χ2n) is 5.95. The molecular weight excluding hydrogens is 403 g/mol. The van der Waals surface area contributed by atoms with Gasteiger partial charge in [0.2, 0.25) is 0 Å². The van der Waals surface area contributed by atoms with Crippen molar-refractivity contribution in [3.05, 3.63) is 72.0 Å². The van der Waals surface area contributed by atoms with E-state index in [1.54, 1.807) is 0 Å². The highest BCUT2D eigenvalue weighted by molar-refractivity contribution is 7.92. The van der Waals surface area contributed by atoms with E-state index in [2.05, 4.69) is 10.0 Å². The minimum Gasteiger partial charge on any atom is -0.504 e. The van der Waals surface area contributed by atoms with Gasteiger partial charge in [0.15, 0.2) is 17.2 Å². The predicted octanol–water partition coefficient (Wildman–Crippen LogP) is 3.00. The van der Waals surface area contributed by atoms with Crippen molar-refractivity contribution >= 4 is 27.3 Å². The number of aromatic hydroxyl groups is 3. The Bertz CT molecular complexity index is 1140. The van der Waals surface area contributed by atoms with Crippen LogP contribution in [0, 0.1) is 5.82 Å². The van der Waals surface area contributed by atoms with Crippen LogP contribution in [0.15, 0.2) is 65.6 Å². The summed E-state index contributed by atoms with van der Waals surface area (Å²) in [6.45, 7) is 0. The van der Waals surface area contributed by atoms with Crippen molar-refractivity contribution < 1.29 is 32.9 Å². The van der Waals surface area contributed by atoms with Gasteiger partial charge in [-0.15, -0.1) is 0 Å². The molecule has 0 bridgehead atoms. The van der Waals surface area contributed by atoms with Crippen molar-refractivity contribution in [2.24, 2.45) is 0 Å². The smallest absolute Gasteiger partial charge is 0.261 e. The molecule has 0 atom stereocenters. The fourth-order valence-electron chi connectivity index (χ4n) is 2.39. The Kier molecular flexibility index (Phi) is 5.29. The lowest BCUT2D eigenvalue weighted by Crippen LogP contribution is -2.14. The van der Waals surface area contributed by atoms with E-state index in [4.69, 9.17) is 0 Å². The molecule has 0 spiro atoms. The van der Waals surface area contributed by atoms with Gasteiger partial charge in [0.05, 0.1) is 4.90 Å². The summed E-state index contributed by atoms with van der Waals surface area (Å²) in [6.07, 6.45) is 0. The first-order valence-electron chi connectivity index (χ1n) is 8.10. The molecule has 8 nitrogen and oxygen atoms in total. The van der Waals surface area contributed by atoms with Crippen molar-refractivity contribution in [3.8, 4) is 17.2 Å². The fraction of sp³-hybridized carbons (Fsp3) is 0. The van der Waals surface area contributed by atoms with Gasteiger partial charge in [-0.05, 0) is 60.7 Å². The summed E-state index contributed by atoms with van der Waals surface area (Å²) in [7, 11) is -3.92. The van der Waals surface area contributed by atoms with E-state index < -0.39 is 39.0 Å². The zero-order valence-corrected chi connectivity index (χ0v) is 15.4. The molecule has 0 heterocycles. The van der Waals surface area contributed by atoms with Crippen molar-refractivity contribution in [1.29, 1.82) is 0 Å². The molecule has 0 fully saturated rings. The average molecular weight is 418 g/mol. The van der Waals surface area contributed by atoms with E-state index in [0.717, 1.165) is 24.3 Å². The van der Waals surface area contributed by atoms with Crippen LogP contribution in [0.5, 0.6) is 17.2 Å². The van der Waals surface area contributed by atoms with Gasteiger partial charge in [-0.25, -0.2) is 12.8 Å². The van der Waals surface area contributed by atoms with Crippen LogP contribution >= 0.6 is 0 Å². The van der Waals surface area contributed by atoms with Crippen LogP contribution in [0.1, 0.15) is 10.4 Å². The molecule has 0 radical (unpaired) electrons. The lowest BCUT2D eigenvalue weighted by Gasteiger charge is -2.10. The van der Waals surface area contributed by atoms with E-state index in [-0.39, 0.29) is 21.8 Å². The van der Waals surface area contributed by atoms with Gasteiger partial charge in [0, 0.05) is 16.9 Å². The maximum absolute atomic E-state index is 12.9. The lowest BCUT2D eigenvalue weighted by atomic mass is 10.1. The minimum atomic E-state index is -3.92. The van der Waals surface area contributed by atoms with Crippen molar-refractivity contribution in [2.45, 2.75) is 4.90 Å². The lowest BCUT2D eigenvalue weighted by molar-refractivity contribution is 0.102. The number of hydrogen-bond acceptors (Lipinski definition) is 6. The molecule has 0 saturated carbocycles. The topological polar surface area (TPSA) is 136 Å². The summed E-state index contributed by atoms with van der Waals surface area (Å²) < 4.78 is 40.0. The summed E-state index contributed by atoms with van der Waals surface area (Å²) in [5.74, 6) is -3.27. The maximum atomic E-state index is 12.9. The second kappa shape index (κ2) is 7.68. The van der Waals surface area contributed by atoms with E-state index in [1.807, 2.05) is 0 Å². The molecule has 29 heavy (non-hydrogen) atoms. The monoisotopic (exact) mass is 418 g/mol. The van der Waals surface area contributed by atoms with Gasteiger partial charge in [0.25, 0.3) is 15.9 Å². The van der Waals surface area contributed by atoms with E-state index in [1.165, 1.54) is 36.4 Å². The molecule has 0 aliphatic heterocycles. The average Bonchev–Trinajstić information content (AvgIpc) is 2.67. The third-order valence-electron chi connectivity index (χ3n) is 3.85. The first-order chi connectivity index (χ1) is 13.7. The first-order valence-corrected chi connectivity index (χ1v) is 9.59. The van der Waals surface area contributed by atoms with Crippen LogP contribution in [0.2, 0.25) is 0 Å². The third kappa shape index (κ3) is 4.55. The molecule has 1 amide bonds. The van der Waals surface area contributed by atoms with Crippen LogP contribution in [-0.4, -0.2) is 29.6 Å². The van der Waals surface area contributed by atoms with Crippen LogP contribution < -0.4 is 10.0 Å². The molecule has 0 saturated heterocycles. The van der Waals surface area contributed by atoms with Crippen LogP contribution in [0.4, 0.5) is 15.8 Å². The Morgan fingerprint density at radius 3 is 1.90 bits per heavy atom. The quantitative estimate of drug-likeness (QED) is 0.404. The molecule has 3 aromatic rings. The number of benzene rings is 3. The second-order valence-corrected chi connectivity index (χ2v) is 7.64. The van der Waals surface area contributed by atoms with Crippen molar-refractivity contribution in [1.82, 2.24) is 0 Å². The molecule has 150 valence electrons. The number of carbonyl (C=O) groups excluding carboxylic acids is 1. The third-order valence-corrected chi connectivity index (χ3v) is 5.25. The van der Waals surface area contributed by atoms with Crippen LogP contribution in [0.25, 0.3) is 0 Å². The molecule has 3 rings (SSSR count). The molecule has 5 N–H and O–H groups in total. The highest BCUT2D eigenvalue weighted by atomic mass is 32.2. The molecular formula is C19H15FN2O6S. The number of amides is 1. The molecule has 0 aliphatic carbocycles. The Hall–Kier alpha value is -3.79. The maximum Gasteiger partial charge on any atom is 0.261 e. The number of carbonyl (C=O) groups is 1. The molecule has 0 aromatic heterocycles. The van der Waals surface area contributed by atoms with Crippen LogP contribution in [0.3, 0.4) is 0 Å². The van der Waals surface area contributed by atoms with E-state index >= 15 is 0 Å². The van der Waals surface area contributed by atoms with Crippen LogP contribution in [-0.2, 0) is 10.0 Å². The molecule has 0 unspecified atom stereocenters. The Morgan fingerprint density at radius 2 is 1.34 bits per heavy atom. The zero-order valence-electron chi connectivity index (χ0n) is 14.6. The van der Waals surface area contributed by atoms with Gasteiger partial charge < -0.3 is 20.6 Å².